The van der Waals surface area contributed by atoms with E-state index in [1.54, 1.807) is 18.2 Å². The minimum Gasteiger partial charge on any atom is -0.481 e. The Morgan fingerprint density at radius 2 is 1.95 bits per heavy atom. The third-order valence-corrected chi connectivity index (χ3v) is 7.01. The molecule has 0 aliphatic carbocycles. The molecular weight excluding hydrogens is 468 g/mol. The van der Waals surface area contributed by atoms with E-state index in [0.717, 1.165) is 30.8 Å². The van der Waals surface area contributed by atoms with Crippen molar-refractivity contribution in [2.75, 3.05) is 18.0 Å². The van der Waals surface area contributed by atoms with E-state index < -0.39 is 24.0 Å². The van der Waals surface area contributed by atoms with E-state index >= 15 is 0 Å². The third-order valence-electron chi connectivity index (χ3n) is 7.01. The predicted octanol–water partition coefficient (Wildman–Crippen LogP) is 4.55. The zero-order chi connectivity index (χ0) is 26.5. The summed E-state index contributed by atoms with van der Waals surface area (Å²) in [4.78, 5) is 45.4. The summed E-state index contributed by atoms with van der Waals surface area (Å²) in [6, 6.07) is 13.3. The highest BCUT2D eigenvalue weighted by Gasteiger charge is 2.28. The number of carbonyl (C=O) groups is 2. The second-order valence-electron chi connectivity index (χ2n) is 10.6. The van der Waals surface area contributed by atoms with E-state index in [-0.39, 0.29) is 17.9 Å². The molecule has 0 bridgehead atoms. The molecular formula is C29H36N4O4. The van der Waals surface area contributed by atoms with Crippen LogP contribution in [0.1, 0.15) is 64.1 Å². The molecule has 1 aliphatic rings. The molecule has 2 N–H and O–H groups in total. The second kappa shape index (κ2) is 11.6. The Morgan fingerprint density at radius 3 is 2.68 bits per heavy atom. The Bertz CT molecular complexity index is 1320. The van der Waals surface area contributed by atoms with Crippen LogP contribution in [0.3, 0.4) is 0 Å². The highest BCUT2D eigenvalue weighted by molar-refractivity contribution is 5.83. The van der Waals surface area contributed by atoms with E-state index in [1.165, 1.54) is 17.3 Å². The summed E-state index contributed by atoms with van der Waals surface area (Å²) < 4.78 is 1.38. The average Bonchev–Trinajstić information content (AvgIpc) is 2.87. The van der Waals surface area contributed by atoms with Gasteiger partial charge in [-0.1, -0.05) is 45.0 Å². The standard InChI is InChI=1S/C29H36N4O4/c1-19(2)14-26(33-18-30-24-12-5-4-11-23(24)29(33)37)28(36)31-25(16-27(34)35)21-9-6-10-22(15-21)32-13-7-8-20(3)17-32/h4-6,9-12,15,18-20,25-26H,7-8,13-14,16-17H2,1-3H3,(H,31,36)(H,34,35)/t20-,25-,26-/m0/s1. The zero-order valence-corrected chi connectivity index (χ0v) is 21.8. The van der Waals surface area contributed by atoms with Crippen molar-refractivity contribution in [3.8, 4) is 0 Å². The molecule has 1 amide bonds. The lowest BCUT2D eigenvalue weighted by atomic mass is 9.97. The average molecular weight is 505 g/mol. The van der Waals surface area contributed by atoms with Crippen molar-refractivity contribution in [2.45, 2.75) is 58.5 Å². The molecule has 1 aliphatic heterocycles. The van der Waals surface area contributed by atoms with E-state index in [1.807, 2.05) is 44.2 Å². The molecule has 4 rings (SSSR count). The molecule has 1 saturated heterocycles. The van der Waals surface area contributed by atoms with Crippen LogP contribution in [-0.2, 0) is 9.59 Å². The second-order valence-corrected chi connectivity index (χ2v) is 10.6. The molecule has 37 heavy (non-hydrogen) atoms. The Kier molecular flexibility index (Phi) is 8.26. The highest BCUT2D eigenvalue weighted by Crippen LogP contribution is 2.28. The molecule has 8 heteroatoms. The van der Waals surface area contributed by atoms with Crippen LogP contribution in [-0.4, -0.2) is 39.6 Å². The maximum atomic E-state index is 13.7. The number of nitrogens with one attached hydrogen (secondary N) is 1. The maximum absolute atomic E-state index is 13.7. The summed E-state index contributed by atoms with van der Waals surface area (Å²) in [5.41, 5.74) is 2.04. The van der Waals surface area contributed by atoms with Crippen LogP contribution in [0, 0.1) is 11.8 Å². The van der Waals surface area contributed by atoms with Gasteiger partial charge in [0.25, 0.3) is 5.56 Å². The first kappa shape index (κ1) is 26.4. The fourth-order valence-electron chi connectivity index (χ4n) is 5.16. The summed E-state index contributed by atoms with van der Waals surface area (Å²) in [7, 11) is 0. The monoisotopic (exact) mass is 504 g/mol. The van der Waals surface area contributed by atoms with E-state index in [4.69, 9.17) is 0 Å². The lowest BCUT2D eigenvalue weighted by molar-refractivity contribution is -0.138. The molecule has 1 aromatic heterocycles. The number of anilines is 1. The molecule has 0 unspecified atom stereocenters. The predicted molar refractivity (Wildman–Crippen MR) is 145 cm³/mol. The van der Waals surface area contributed by atoms with Gasteiger partial charge >= 0.3 is 5.97 Å². The van der Waals surface area contributed by atoms with Crippen molar-refractivity contribution in [3.63, 3.8) is 0 Å². The summed E-state index contributed by atoms with van der Waals surface area (Å²) in [5, 5.41) is 13.0. The minimum absolute atomic E-state index is 0.122. The van der Waals surface area contributed by atoms with Crippen LogP contribution in [0.4, 0.5) is 5.69 Å². The van der Waals surface area contributed by atoms with E-state index in [9.17, 15) is 19.5 Å². The number of benzene rings is 2. The fourth-order valence-corrected chi connectivity index (χ4v) is 5.16. The number of hydrogen-bond acceptors (Lipinski definition) is 5. The van der Waals surface area contributed by atoms with Crippen molar-refractivity contribution >= 4 is 28.5 Å². The molecule has 2 aromatic carbocycles. The van der Waals surface area contributed by atoms with Gasteiger partial charge in [0.1, 0.15) is 6.04 Å². The highest BCUT2D eigenvalue weighted by atomic mass is 16.4. The molecule has 0 radical (unpaired) electrons. The normalized spacial score (nSPS) is 17.5. The number of carbonyl (C=O) groups excluding carboxylic acids is 1. The van der Waals surface area contributed by atoms with Crippen molar-refractivity contribution in [1.82, 2.24) is 14.9 Å². The Labute approximate surface area is 217 Å². The van der Waals surface area contributed by atoms with Crippen LogP contribution in [0.5, 0.6) is 0 Å². The van der Waals surface area contributed by atoms with Gasteiger partial charge in [0.15, 0.2) is 0 Å². The molecule has 8 nitrogen and oxygen atoms in total. The first-order valence-electron chi connectivity index (χ1n) is 13.1. The van der Waals surface area contributed by atoms with E-state index in [2.05, 4.69) is 22.1 Å². The molecule has 196 valence electrons. The molecule has 3 atom stereocenters. The lowest BCUT2D eigenvalue weighted by Crippen LogP contribution is -2.40. The summed E-state index contributed by atoms with van der Waals surface area (Å²) >= 11 is 0. The number of carboxylic acid groups (broad SMARTS) is 1. The van der Waals surface area contributed by atoms with Crippen molar-refractivity contribution in [1.29, 1.82) is 0 Å². The quantitative estimate of drug-likeness (QED) is 0.443. The number of piperidine rings is 1. The third kappa shape index (κ3) is 6.37. The maximum Gasteiger partial charge on any atom is 0.305 e. The molecule has 2 heterocycles. The van der Waals surface area contributed by atoms with Crippen LogP contribution >= 0.6 is 0 Å². The van der Waals surface area contributed by atoms with Crippen molar-refractivity contribution in [2.24, 2.45) is 11.8 Å². The summed E-state index contributed by atoms with van der Waals surface area (Å²) in [6.07, 6.45) is 3.89. The van der Waals surface area contributed by atoms with Gasteiger partial charge in [-0.2, -0.15) is 0 Å². The zero-order valence-electron chi connectivity index (χ0n) is 21.8. The lowest BCUT2D eigenvalue weighted by Gasteiger charge is -2.33. The number of fused-ring (bicyclic) bond motifs is 1. The fraction of sp³-hybridized carbons (Fsp3) is 0.448. The Morgan fingerprint density at radius 1 is 1.16 bits per heavy atom. The van der Waals surface area contributed by atoms with Gasteiger partial charge in [0, 0.05) is 18.8 Å². The van der Waals surface area contributed by atoms with Crippen molar-refractivity contribution < 1.29 is 14.7 Å². The summed E-state index contributed by atoms with van der Waals surface area (Å²) in [6.45, 7) is 8.11. The minimum atomic E-state index is -1.01. The van der Waals surface area contributed by atoms with Crippen LogP contribution in [0.2, 0.25) is 0 Å². The SMILES string of the molecule is CC(C)C[C@@H](C(=O)N[C@@H](CC(=O)O)c1cccc(N2CCC[C@H](C)C2)c1)n1cnc2ccccc2c1=O. The van der Waals surface area contributed by atoms with Crippen LogP contribution in [0.25, 0.3) is 10.9 Å². The number of carboxylic acids is 1. The van der Waals surface area contributed by atoms with E-state index in [0.29, 0.717) is 23.2 Å². The molecule has 1 fully saturated rings. The largest absolute Gasteiger partial charge is 0.481 e. The Balaban J connectivity index is 1.64. The summed E-state index contributed by atoms with van der Waals surface area (Å²) in [5.74, 6) is -0.683. The number of aromatic nitrogens is 2. The Hall–Kier alpha value is -3.68. The topological polar surface area (TPSA) is 105 Å². The van der Waals surface area contributed by atoms with Crippen molar-refractivity contribution in [3.05, 3.63) is 70.8 Å². The van der Waals surface area contributed by atoms with Crippen LogP contribution in [0.15, 0.2) is 59.7 Å². The number of nitrogens with zero attached hydrogens (tertiary/aromatic N) is 3. The number of rotatable bonds is 9. The van der Waals surface area contributed by atoms with Gasteiger partial charge in [0.2, 0.25) is 5.91 Å². The van der Waals surface area contributed by atoms with Gasteiger partial charge in [-0.25, -0.2) is 4.98 Å². The van der Waals surface area contributed by atoms with Gasteiger partial charge in [0.05, 0.1) is 29.7 Å². The van der Waals surface area contributed by atoms with Gasteiger partial charge in [-0.3, -0.25) is 19.0 Å². The number of para-hydroxylation sites is 1. The molecule has 3 aromatic rings. The first-order valence-corrected chi connectivity index (χ1v) is 13.1. The first-order chi connectivity index (χ1) is 17.7. The molecule has 0 spiro atoms. The van der Waals surface area contributed by atoms with Crippen LogP contribution < -0.4 is 15.8 Å². The molecule has 0 saturated carbocycles. The van der Waals surface area contributed by atoms with Gasteiger partial charge in [-0.15, -0.1) is 0 Å². The number of hydrogen-bond donors (Lipinski definition) is 2. The number of amides is 1. The van der Waals surface area contributed by atoms with Gasteiger partial charge in [-0.05, 0) is 60.9 Å². The van der Waals surface area contributed by atoms with Gasteiger partial charge < -0.3 is 15.3 Å². The number of aliphatic carboxylic acids is 1. The smallest absolute Gasteiger partial charge is 0.305 e.